The highest BCUT2D eigenvalue weighted by atomic mass is 19.1. The van der Waals surface area contributed by atoms with Crippen molar-refractivity contribution in [2.75, 3.05) is 10.6 Å². The number of carbonyl (C=O) groups excluding carboxylic acids is 2. The molecule has 0 aliphatic carbocycles. The summed E-state index contributed by atoms with van der Waals surface area (Å²) in [6.07, 6.45) is -0.613. The maximum Gasteiger partial charge on any atom is 0.412 e. The summed E-state index contributed by atoms with van der Waals surface area (Å²) >= 11 is 0. The van der Waals surface area contributed by atoms with E-state index in [0.717, 1.165) is 12.1 Å². The summed E-state index contributed by atoms with van der Waals surface area (Å²) in [4.78, 5) is 23.8. The van der Waals surface area contributed by atoms with Gasteiger partial charge in [0, 0.05) is 17.3 Å². The van der Waals surface area contributed by atoms with Crippen LogP contribution in [0, 0.1) is 11.6 Å². The van der Waals surface area contributed by atoms with Crippen LogP contribution in [0.3, 0.4) is 0 Å². The van der Waals surface area contributed by atoms with Crippen LogP contribution in [0.1, 0.15) is 31.1 Å². The topological polar surface area (TPSA) is 67.4 Å². The zero-order valence-electron chi connectivity index (χ0n) is 14.0. The molecule has 7 heteroatoms. The molecule has 2 rings (SSSR count). The van der Waals surface area contributed by atoms with E-state index >= 15 is 0 Å². The molecule has 2 amide bonds. The van der Waals surface area contributed by atoms with E-state index in [1.807, 2.05) is 0 Å². The Hall–Kier alpha value is -2.96. The lowest BCUT2D eigenvalue weighted by molar-refractivity contribution is 0.0636. The fourth-order valence-electron chi connectivity index (χ4n) is 1.91. The van der Waals surface area contributed by atoms with E-state index in [-0.39, 0.29) is 11.3 Å². The van der Waals surface area contributed by atoms with Gasteiger partial charge in [-0.3, -0.25) is 10.1 Å². The second-order valence-electron chi connectivity index (χ2n) is 6.28. The second kappa shape index (κ2) is 7.29. The van der Waals surface area contributed by atoms with Crippen molar-refractivity contribution in [2.45, 2.75) is 26.4 Å². The maximum absolute atomic E-state index is 13.6. The number of nitrogens with one attached hydrogen (secondary N) is 2. The average molecular weight is 348 g/mol. The second-order valence-corrected chi connectivity index (χ2v) is 6.28. The smallest absolute Gasteiger partial charge is 0.412 e. The SMILES string of the molecule is CC(C)(C)OC(=O)Nc1ccc(C(=O)Nc2ccc(F)cc2F)cc1. The zero-order valence-corrected chi connectivity index (χ0v) is 14.0. The maximum atomic E-state index is 13.6. The monoisotopic (exact) mass is 348 g/mol. The molecule has 0 bridgehead atoms. The first kappa shape index (κ1) is 18.4. The molecule has 2 aromatic rings. The first-order chi connectivity index (χ1) is 11.6. The van der Waals surface area contributed by atoms with Gasteiger partial charge in [0.05, 0.1) is 5.69 Å². The molecular formula is C18H18F2N2O3. The van der Waals surface area contributed by atoms with Crippen molar-refractivity contribution in [3.05, 3.63) is 59.7 Å². The fourth-order valence-corrected chi connectivity index (χ4v) is 1.91. The summed E-state index contributed by atoms with van der Waals surface area (Å²) in [5, 5.41) is 4.89. The van der Waals surface area contributed by atoms with Gasteiger partial charge in [-0.15, -0.1) is 0 Å². The summed E-state index contributed by atoms with van der Waals surface area (Å²) < 4.78 is 31.5. The number of hydrogen-bond acceptors (Lipinski definition) is 3. The lowest BCUT2D eigenvalue weighted by Crippen LogP contribution is -2.27. The van der Waals surface area contributed by atoms with Gasteiger partial charge in [-0.25, -0.2) is 13.6 Å². The Morgan fingerprint density at radius 3 is 2.16 bits per heavy atom. The van der Waals surface area contributed by atoms with Crippen molar-refractivity contribution in [2.24, 2.45) is 0 Å². The van der Waals surface area contributed by atoms with Crippen LogP contribution in [0.4, 0.5) is 25.0 Å². The molecule has 0 spiro atoms. The summed E-state index contributed by atoms with van der Waals surface area (Å²) in [7, 11) is 0. The van der Waals surface area contributed by atoms with E-state index in [0.29, 0.717) is 11.8 Å². The Labute approximate surface area is 144 Å². The van der Waals surface area contributed by atoms with E-state index in [2.05, 4.69) is 10.6 Å². The predicted molar refractivity (Wildman–Crippen MR) is 90.6 cm³/mol. The number of amides is 2. The number of ether oxygens (including phenoxy) is 1. The lowest BCUT2D eigenvalue weighted by atomic mass is 10.2. The molecule has 0 saturated carbocycles. The quantitative estimate of drug-likeness (QED) is 0.854. The molecule has 2 N–H and O–H groups in total. The number of carbonyl (C=O) groups is 2. The molecule has 132 valence electrons. The summed E-state index contributed by atoms with van der Waals surface area (Å²) in [6.45, 7) is 5.23. The van der Waals surface area contributed by atoms with Crippen LogP contribution >= 0.6 is 0 Å². The minimum atomic E-state index is -0.864. The molecule has 25 heavy (non-hydrogen) atoms. The molecule has 0 aliphatic heterocycles. The van der Waals surface area contributed by atoms with Crippen molar-refractivity contribution < 1.29 is 23.1 Å². The van der Waals surface area contributed by atoms with Gasteiger partial charge in [0.25, 0.3) is 5.91 Å². The van der Waals surface area contributed by atoms with Gasteiger partial charge < -0.3 is 10.1 Å². The third-order valence-electron chi connectivity index (χ3n) is 2.97. The largest absolute Gasteiger partial charge is 0.444 e. The van der Waals surface area contributed by atoms with Gasteiger partial charge in [-0.05, 0) is 57.2 Å². The van der Waals surface area contributed by atoms with E-state index in [9.17, 15) is 18.4 Å². The minimum Gasteiger partial charge on any atom is -0.444 e. The standard InChI is InChI=1S/C18H18F2N2O3/c1-18(2,3)25-17(24)21-13-7-4-11(5-8-13)16(23)22-15-9-6-12(19)10-14(15)20/h4-10H,1-3H3,(H,21,24)(H,22,23). The first-order valence-electron chi connectivity index (χ1n) is 7.50. The molecule has 0 aromatic heterocycles. The Balaban J connectivity index is 2.01. The van der Waals surface area contributed by atoms with Gasteiger partial charge in [0.2, 0.25) is 0 Å². The van der Waals surface area contributed by atoms with Gasteiger partial charge in [0.15, 0.2) is 0 Å². The molecule has 0 radical (unpaired) electrons. The lowest BCUT2D eigenvalue weighted by Gasteiger charge is -2.19. The van der Waals surface area contributed by atoms with Gasteiger partial charge in [-0.1, -0.05) is 0 Å². The normalized spacial score (nSPS) is 10.9. The molecule has 0 atom stereocenters. The third kappa shape index (κ3) is 5.56. The highest BCUT2D eigenvalue weighted by Gasteiger charge is 2.16. The number of rotatable bonds is 3. The van der Waals surface area contributed by atoms with E-state index in [1.54, 1.807) is 20.8 Å². The van der Waals surface area contributed by atoms with Crippen LogP contribution < -0.4 is 10.6 Å². The molecule has 2 aromatic carbocycles. The summed E-state index contributed by atoms with van der Waals surface area (Å²) in [5.41, 5.74) is -0.0528. The third-order valence-corrected chi connectivity index (χ3v) is 2.97. The number of halogens is 2. The molecule has 0 heterocycles. The average Bonchev–Trinajstić information content (AvgIpc) is 2.48. The van der Waals surface area contributed by atoms with Crippen LogP contribution in [-0.2, 0) is 4.74 Å². The zero-order chi connectivity index (χ0) is 18.6. The first-order valence-corrected chi connectivity index (χ1v) is 7.50. The van der Waals surface area contributed by atoms with Crippen LogP contribution in [0.15, 0.2) is 42.5 Å². The molecule has 5 nitrogen and oxygen atoms in total. The number of hydrogen-bond donors (Lipinski definition) is 2. The Morgan fingerprint density at radius 1 is 0.960 bits per heavy atom. The van der Waals surface area contributed by atoms with Crippen LogP contribution in [0.2, 0.25) is 0 Å². The molecule has 0 aliphatic rings. The van der Waals surface area contributed by atoms with Crippen molar-refractivity contribution >= 4 is 23.4 Å². The highest BCUT2D eigenvalue weighted by molar-refractivity contribution is 6.04. The molecule has 0 unspecified atom stereocenters. The summed E-state index contributed by atoms with van der Waals surface area (Å²) in [6, 6.07) is 8.82. The Morgan fingerprint density at radius 2 is 1.60 bits per heavy atom. The van der Waals surface area contributed by atoms with Gasteiger partial charge in [0.1, 0.15) is 17.2 Å². The van der Waals surface area contributed by atoms with E-state index < -0.39 is 29.2 Å². The van der Waals surface area contributed by atoms with Crippen molar-refractivity contribution in [3.63, 3.8) is 0 Å². The van der Waals surface area contributed by atoms with Crippen molar-refractivity contribution in [1.29, 1.82) is 0 Å². The molecular weight excluding hydrogens is 330 g/mol. The van der Waals surface area contributed by atoms with Gasteiger partial charge in [-0.2, -0.15) is 0 Å². The van der Waals surface area contributed by atoms with Crippen LogP contribution in [0.5, 0.6) is 0 Å². The van der Waals surface area contributed by atoms with E-state index in [4.69, 9.17) is 4.74 Å². The minimum absolute atomic E-state index is 0.123. The van der Waals surface area contributed by atoms with Crippen LogP contribution in [0.25, 0.3) is 0 Å². The number of benzene rings is 2. The number of anilines is 2. The van der Waals surface area contributed by atoms with Crippen molar-refractivity contribution in [3.8, 4) is 0 Å². The van der Waals surface area contributed by atoms with Gasteiger partial charge >= 0.3 is 6.09 Å². The van der Waals surface area contributed by atoms with Crippen molar-refractivity contribution in [1.82, 2.24) is 0 Å². The molecule has 0 fully saturated rings. The van der Waals surface area contributed by atoms with Crippen LogP contribution in [-0.4, -0.2) is 17.6 Å². The predicted octanol–water partition coefficient (Wildman–Crippen LogP) is 4.56. The Bertz CT molecular complexity index is 784. The highest BCUT2D eigenvalue weighted by Crippen LogP contribution is 2.17. The summed E-state index contributed by atoms with van der Waals surface area (Å²) in [5.74, 6) is -2.15. The molecule has 0 saturated heterocycles. The Kier molecular flexibility index (Phi) is 5.36. The van der Waals surface area contributed by atoms with E-state index in [1.165, 1.54) is 24.3 Å². The fraction of sp³-hybridized carbons (Fsp3) is 0.222.